The fraction of sp³-hybridized carbons (Fsp3) is 0.875. The second-order valence-electron chi connectivity index (χ2n) is 16.1. The molecule has 55 heavy (non-hydrogen) atoms. The van der Waals surface area contributed by atoms with Crippen LogP contribution in [0.3, 0.4) is 0 Å². The molecular weight excluding hydrogens is 689 g/mol. The number of carbonyl (C=O) groups excluding carboxylic acids is 2. The highest BCUT2D eigenvalue weighted by Gasteiger charge is 2.14. The fourth-order valence-corrected chi connectivity index (χ4v) is 6.32. The summed E-state index contributed by atoms with van der Waals surface area (Å²) in [4.78, 5) is 24.4. The van der Waals surface area contributed by atoms with Crippen LogP contribution in [0.15, 0.2) is 24.3 Å². The summed E-state index contributed by atoms with van der Waals surface area (Å²) in [6, 6.07) is 0. The van der Waals surface area contributed by atoms with Crippen molar-refractivity contribution in [2.24, 2.45) is 0 Å². The van der Waals surface area contributed by atoms with E-state index in [-0.39, 0.29) is 43.0 Å². The number of allylic oxidation sites excluding steroid dienone is 4. The van der Waals surface area contributed by atoms with Crippen LogP contribution in [0.4, 0.5) is 0 Å². The highest BCUT2D eigenvalue weighted by atomic mass is 16.6. The Morgan fingerprint density at radius 2 is 0.691 bits per heavy atom. The molecule has 0 amide bonds. The lowest BCUT2D eigenvalue weighted by Crippen LogP contribution is -2.29. The zero-order valence-electron chi connectivity index (χ0n) is 37.1. The van der Waals surface area contributed by atoms with Gasteiger partial charge >= 0.3 is 11.9 Å². The molecule has 0 fully saturated rings. The van der Waals surface area contributed by atoms with Crippen LogP contribution in [0.1, 0.15) is 221 Å². The molecule has 0 aromatic rings. The molecular formula is C48H90O7. The van der Waals surface area contributed by atoms with Gasteiger partial charge in [-0.3, -0.25) is 9.59 Å². The molecule has 0 rings (SSSR count). The molecule has 7 heteroatoms. The van der Waals surface area contributed by atoms with Gasteiger partial charge in [-0.25, -0.2) is 0 Å². The molecule has 0 aromatic heterocycles. The number of hydrogen-bond donors (Lipinski definition) is 0. The lowest BCUT2D eigenvalue weighted by atomic mass is 10.1. The average Bonchev–Trinajstić information content (AvgIpc) is 3.17. The monoisotopic (exact) mass is 779 g/mol. The van der Waals surface area contributed by atoms with Gasteiger partial charge in [0.2, 0.25) is 0 Å². The highest BCUT2D eigenvalue weighted by Crippen LogP contribution is 2.13. The second kappa shape index (κ2) is 41.9. The molecule has 0 bridgehead atoms. The van der Waals surface area contributed by atoms with Crippen LogP contribution in [-0.4, -0.2) is 62.8 Å². The van der Waals surface area contributed by atoms with Gasteiger partial charge in [0.1, 0.15) is 12.7 Å². The Kier molecular flexibility index (Phi) is 40.6. The van der Waals surface area contributed by atoms with E-state index < -0.39 is 0 Å². The summed E-state index contributed by atoms with van der Waals surface area (Å²) in [6.07, 6.45) is 41.8. The molecule has 0 saturated carbocycles. The maximum atomic E-state index is 12.3. The van der Waals surface area contributed by atoms with Crippen LogP contribution in [0.25, 0.3) is 0 Å². The molecule has 0 aliphatic carbocycles. The molecule has 7 nitrogen and oxygen atoms in total. The Morgan fingerprint density at radius 1 is 0.382 bits per heavy atom. The van der Waals surface area contributed by atoms with E-state index in [1.807, 2.05) is 27.7 Å². The van der Waals surface area contributed by atoms with Gasteiger partial charge in [-0.05, 0) is 91.9 Å². The van der Waals surface area contributed by atoms with Gasteiger partial charge in [0, 0.05) is 12.8 Å². The fourth-order valence-electron chi connectivity index (χ4n) is 6.32. The number of ether oxygens (including phenoxy) is 5. The van der Waals surface area contributed by atoms with Crippen molar-refractivity contribution in [3.8, 4) is 0 Å². The summed E-state index contributed by atoms with van der Waals surface area (Å²) in [5, 5.41) is 0. The van der Waals surface area contributed by atoms with E-state index >= 15 is 0 Å². The standard InChI is InChI=1S/C48H90O7/c1-7-9-11-13-15-17-19-21-23-25-27-29-31-33-35-37-47(49)54-41-45(5)52-39-43(3)51-40-44(4)53-42-46(6)55-48(50)38-36-34-32-30-28-26-24-22-20-18-16-14-12-10-8-2/h21-24,43-46H,7-20,25-42H2,1-6H3/b23-21-,24-22-. The van der Waals surface area contributed by atoms with Crippen molar-refractivity contribution >= 4 is 11.9 Å². The molecule has 324 valence electrons. The van der Waals surface area contributed by atoms with E-state index in [4.69, 9.17) is 23.7 Å². The number of unbranched alkanes of at least 4 members (excludes halogenated alkanes) is 22. The smallest absolute Gasteiger partial charge is 0.306 e. The van der Waals surface area contributed by atoms with Gasteiger partial charge in [-0.15, -0.1) is 0 Å². The molecule has 0 radical (unpaired) electrons. The number of esters is 2. The second-order valence-corrected chi connectivity index (χ2v) is 16.1. The predicted octanol–water partition coefficient (Wildman–Crippen LogP) is 13.8. The lowest BCUT2D eigenvalue weighted by molar-refractivity contribution is -0.153. The highest BCUT2D eigenvalue weighted by molar-refractivity contribution is 5.69. The quantitative estimate of drug-likeness (QED) is 0.0347. The van der Waals surface area contributed by atoms with Gasteiger partial charge in [-0.1, -0.05) is 141 Å². The van der Waals surface area contributed by atoms with Crippen molar-refractivity contribution < 1.29 is 33.3 Å². The van der Waals surface area contributed by atoms with Crippen LogP contribution < -0.4 is 0 Å². The van der Waals surface area contributed by atoms with Gasteiger partial charge in [-0.2, -0.15) is 0 Å². The van der Waals surface area contributed by atoms with Gasteiger partial charge < -0.3 is 23.7 Å². The van der Waals surface area contributed by atoms with Crippen molar-refractivity contribution in [1.29, 1.82) is 0 Å². The largest absolute Gasteiger partial charge is 0.463 e. The van der Waals surface area contributed by atoms with E-state index in [1.54, 1.807) is 0 Å². The van der Waals surface area contributed by atoms with Gasteiger partial charge in [0.25, 0.3) is 0 Å². The van der Waals surface area contributed by atoms with Crippen LogP contribution in [0.2, 0.25) is 0 Å². The average molecular weight is 779 g/mol. The summed E-state index contributed by atoms with van der Waals surface area (Å²) in [7, 11) is 0. The third kappa shape index (κ3) is 41.7. The molecule has 0 aliphatic rings. The number of hydrogen-bond acceptors (Lipinski definition) is 7. The van der Waals surface area contributed by atoms with E-state index in [0.717, 1.165) is 25.7 Å². The van der Waals surface area contributed by atoms with E-state index in [9.17, 15) is 9.59 Å². The normalized spacial score (nSPS) is 14.1. The first-order chi connectivity index (χ1) is 26.8. The van der Waals surface area contributed by atoms with Crippen LogP contribution >= 0.6 is 0 Å². The molecule has 0 spiro atoms. The maximum absolute atomic E-state index is 12.3. The summed E-state index contributed by atoms with van der Waals surface area (Å²) in [6.45, 7) is 13.6. The summed E-state index contributed by atoms with van der Waals surface area (Å²) < 4.78 is 28.6. The van der Waals surface area contributed by atoms with Gasteiger partial charge in [0.05, 0.1) is 38.1 Å². The van der Waals surface area contributed by atoms with Crippen molar-refractivity contribution in [3.63, 3.8) is 0 Å². The summed E-state index contributed by atoms with van der Waals surface area (Å²) in [5.41, 5.74) is 0. The lowest BCUT2D eigenvalue weighted by Gasteiger charge is -2.21. The molecule has 0 heterocycles. The first-order valence-corrected chi connectivity index (χ1v) is 23.3. The molecule has 4 atom stereocenters. The maximum Gasteiger partial charge on any atom is 0.306 e. The van der Waals surface area contributed by atoms with E-state index in [1.165, 1.54) is 141 Å². The molecule has 0 aromatic carbocycles. The Balaban J connectivity index is 3.67. The Bertz CT molecular complexity index is 888. The first-order valence-electron chi connectivity index (χ1n) is 23.3. The summed E-state index contributed by atoms with van der Waals surface area (Å²) in [5.74, 6) is -0.294. The van der Waals surface area contributed by atoms with E-state index in [0.29, 0.717) is 32.7 Å². The zero-order chi connectivity index (χ0) is 40.5. The third-order valence-electron chi connectivity index (χ3n) is 9.94. The van der Waals surface area contributed by atoms with Crippen LogP contribution in [-0.2, 0) is 33.3 Å². The van der Waals surface area contributed by atoms with E-state index in [2.05, 4.69) is 38.2 Å². The Hall–Kier alpha value is -1.70. The van der Waals surface area contributed by atoms with Crippen molar-refractivity contribution in [2.75, 3.05) is 26.4 Å². The molecule has 0 aliphatic heterocycles. The van der Waals surface area contributed by atoms with Crippen LogP contribution in [0, 0.1) is 0 Å². The minimum Gasteiger partial charge on any atom is -0.463 e. The molecule has 4 unspecified atom stereocenters. The number of rotatable bonds is 42. The minimum atomic E-state index is -0.292. The zero-order valence-corrected chi connectivity index (χ0v) is 37.1. The third-order valence-corrected chi connectivity index (χ3v) is 9.94. The van der Waals surface area contributed by atoms with Crippen LogP contribution in [0.5, 0.6) is 0 Å². The summed E-state index contributed by atoms with van der Waals surface area (Å²) >= 11 is 0. The SMILES string of the molecule is CCCCCCCC/C=C\CCCCCCCC(=O)OCC(C)OCC(C)OCC(C)OCC(C)OC(=O)CCCCCCC/C=C\CCCCCCCC. The Labute approximate surface area is 340 Å². The molecule has 0 saturated heterocycles. The first kappa shape index (κ1) is 53.3. The Morgan fingerprint density at radius 3 is 1.09 bits per heavy atom. The topological polar surface area (TPSA) is 80.3 Å². The van der Waals surface area contributed by atoms with Crippen molar-refractivity contribution in [3.05, 3.63) is 24.3 Å². The predicted molar refractivity (Wildman–Crippen MR) is 232 cm³/mol. The minimum absolute atomic E-state index is 0.123. The molecule has 0 N–H and O–H groups in total. The number of carbonyl (C=O) groups is 2. The van der Waals surface area contributed by atoms with Gasteiger partial charge in [0.15, 0.2) is 0 Å². The van der Waals surface area contributed by atoms with Crippen molar-refractivity contribution in [2.45, 2.75) is 246 Å². The van der Waals surface area contributed by atoms with Crippen molar-refractivity contribution in [1.82, 2.24) is 0 Å².